The Morgan fingerprint density at radius 1 is 1.31 bits per heavy atom. The number of allylic oxidation sites excluding steroid dienone is 4. The Kier molecular flexibility index (Phi) is 9.30. The van der Waals surface area contributed by atoms with Crippen LogP contribution < -0.4 is 22.1 Å². The van der Waals surface area contributed by atoms with Gasteiger partial charge in [-0.1, -0.05) is 42.8 Å². The molecule has 1 aromatic carbocycles. The van der Waals surface area contributed by atoms with Crippen LogP contribution in [0, 0.1) is 10.8 Å². The fraction of sp³-hybridized carbons (Fsp3) is 0.500. The predicted molar refractivity (Wildman–Crippen MR) is 138 cm³/mol. The van der Waals surface area contributed by atoms with E-state index in [0.717, 1.165) is 12.0 Å². The van der Waals surface area contributed by atoms with Gasteiger partial charge in [-0.3, -0.25) is 14.9 Å². The van der Waals surface area contributed by atoms with Crippen LogP contribution in [0.25, 0.3) is 0 Å². The summed E-state index contributed by atoms with van der Waals surface area (Å²) in [4.78, 5) is 38.0. The first-order valence-corrected chi connectivity index (χ1v) is 12.5. The zero-order valence-corrected chi connectivity index (χ0v) is 21.2. The molecule has 9 nitrogen and oxygen atoms in total. The van der Waals surface area contributed by atoms with Crippen molar-refractivity contribution in [3.63, 3.8) is 0 Å². The summed E-state index contributed by atoms with van der Waals surface area (Å²) < 4.78 is 5.74. The van der Waals surface area contributed by atoms with E-state index in [9.17, 15) is 19.5 Å². The second-order valence-corrected chi connectivity index (χ2v) is 9.96. The molecule has 0 bridgehead atoms. The molecule has 0 radical (unpaired) electrons. The number of nitrogens with one attached hydrogen (secondary N) is 2. The highest BCUT2D eigenvalue weighted by molar-refractivity contribution is 6.30. The summed E-state index contributed by atoms with van der Waals surface area (Å²) in [5, 5.41) is 15.7. The average molecular weight is 519 g/mol. The van der Waals surface area contributed by atoms with Crippen molar-refractivity contribution in [2.24, 2.45) is 22.3 Å². The number of hydrogen-bond acceptors (Lipinski definition) is 7. The average Bonchev–Trinajstić information content (AvgIpc) is 2.88. The molecule has 3 rings (SSSR count). The SMILES string of the molecule is CCc1ccc(NC(=O)OCC2(C3(CC(N)=O)CC=CC=C3Cl)CCNC(C(=O)[C@H](N)CO)C2)cc1. The van der Waals surface area contributed by atoms with Crippen LogP contribution in [0.1, 0.15) is 38.2 Å². The van der Waals surface area contributed by atoms with Gasteiger partial charge < -0.3 is 26.6 Å². The van der Waals surface area contributed by atoms with E-state index in [1.54, 1.807) is 24.3 Å². The van der Waals surface area contributed by atoms with Gasteiger partial charge in [0.15, 0.2) is 5.78 Å². The highest BCUT2D eigenvalue weighted by Crippen LogP contribution is 2.58. The first-order valence-electron chi connectivity index (χ1n) is 12.1. The number of amides is 2. The van der Waals surface area contributed by atoms with E-state index in [1.165, 1.54) is 0 Å². The van der Waals surface area contributed by atoms with Crippen molar-refractivity contribution >= 4 is 35.1 Å². The number of aliphatic hydroxyl groups excluding tert-OH is 1. The second-order valence-electron chi connectivity index (χ2n) is 9.56. The summed E-state index contributed by atoms with van der Waals surface area (Å²) >= 11 is 6.77. The molecular formula is C26H35ClN4O5. The third kappa shape index (κ3) is 5.98. The minimum Gasteiger partial charge on any atom is -0.449 e. The summed E-state index contributed by atoms with van der Waals surface area (Å²) in [6.07, 6.45) is 6.60. The number of aryl methyl sites for hydroxylation is 1. The molecule has 2 aliphatic rings. The van der Waals surface area contributed by atoms with Crippen LogP contribution in [0.5, 0.6) is 0 Å². The number of piperidine rings is 1. The van der Waals surface area contributed by atoms with E-state index >= 15 is 0 Å². The number of ketones is 1. The van der Waals surface area contributed by atoms with Crippen molar-refractivity contribution in [2.75, 3.05) is 25.1 Å². The smallest absolute Gasteiger partial charge is 0.411 e. The van der Waals surface area contributed by atoms with Gasteiger partial charge in [0.05, 0.1) is 25.3 Å². The number of ether oxygens (including phenoxy) is 1. The van der Waals surface area contributed by atoms with Crippen molar-refractivity contribution < 1.29 is 24.2 Å². The van der Waals surface area contributed by atoms with E-state index in [1.807, 2.05) is 25.1 Å². The molecule has 196 valence electrons. The first-order chi connectivity index (χ1) is 17.2. The van der Waals surface area contributed by atoms with Crippen LogP contribution in [0.15, 0.2) is 47.5 Å². The summed E-state index contributed by atoms with van der Waals surface area (Å²) in [7, 11) is 0. The molecule has 4 atom stereocenters. The number of halogens is 1. The number of nitrogens with two attached hydrogens (primary N) is 2. The lowest BCUT2D eigenvalue weighted by Gasteiger charge is -2.54. The Labute approximate surface area is 216 Å². The number of carbonyl (C=O) groups is 3. The van der Waals surface area contributed by atoms with Crippen LogP contribution in [0.2, 0.25) is 0 Å². The maximum atomic E-state index is 12.9. The number of carbonyl (C=O) groups excluding carboxylic acids is 3. The van der Waals surface area contributed by atoms with Crippen molar-refractivity contribution in [3.8, 4) is 0 Å². The highest BCUT2D eigenvalue weighted by atomic mass is 35.5. The predicted octanol–water partition coefficient (Wildman–Crippen LogP) is 2.37. The van der Waals surface area contributed by atoms with Gasteiger partial charge >= 0.3 is 6.09 Å². The van der Waals surface area contributed by atoms with Crippen LogP contribution in [-0.4, -0.2) is 54.7 Å². The topological polar surface area (TPSA) is 157 Å². The molecule has 1 fully saturated rings. The number of benzene rings is 1. The van der Waals surface area contributed by atoms with Gasteiger partial charge in [0, 0.05) is 28.0 Å². The standard InChI is InChI=1S/C26H35ClN4O5/c1-2-17-6-8-18(9-7-17)31-24(35)36-16-25(11-12-30-20(13-25)23(34)19(28)15-32)26(14-22(29)33)10-4-3-5-21(26)27/h3-9,19-20,30,32H,2,10-16,28H2,1H3,(H2,29,33)(H,31,35)/t19-,20?,25?,26?/m1/s1. The van der Waals surface area contributed by atoms with Crippen LogP contribution in [-0.2, 0) is 20.7 Å². The Bertz CT molecular complexity index is 1030. The number of primary amides is 1. The van der Waals surface area contributed by atoms with Gasteiger partial charge in [-0.15, -0.1) is 0 Å². The van der Waals surface area contributed by atoms with E-state index in [-0.39, 0.29) is 25.2 Å². The van der Waals surface area contributed by atoms with Crippen LogP contribution in [0.3, 0.4) is 0 Å². The quantitative estimate of drug-likeness (QED) is 0.318. The Morgan fingerprint density at radius 3 is 2.64 bits per heavy atom. The molecule has 1 heterocycles. The molecule has 3 unspecified atom stereocenters. The lowest BCUT2D eigenvalue weighted by Crippen LogP contribution is -2.60. The first kappa shape index (κ1) is 27.9. The molecule has 0 saturated carbocycles. The third-order valence-corrected chi connectivity index (χ3v) is 7.86. The second kappa shape index (κ2) is 12.0. The summed E-state index contributed by atoms with van der Waals surface area (Å²) in [6, 6.07) is 5.67. The molecule has 1 aromatic rings. The zero-order chi connectivity index (χ0) is 26.3. The van der Waals surface area contributed by atoms with Gasteiger partial charge in [0.2, 0.25) is 5.91 Å². The fourth-order valence-electron chi connectivity index (χ4n) is 5.28. The molecule has 10 heteroatoms. The summed E-state index contributed by atoms with van der Waals surface area (Å²) in [5.74, 6) is -0.909. The minimum absolute atomic E-state index is 0.0803. The number of rotatable bonds is 10. The van der Waals surface area contributed by atoms with Crippen LogP contribution >= 0.6 is 11.6 Å². The molecule has 1 saturated heterocycles. The number of anilines is 1. The summed E-state index contributed by atoms with van der Waals surface area (Å²) in [5.41, 5.74) is 11.4. The third-order valence-electron chi connectivity index (χ3n) is 7.38. The van der Waals surface area contributed by atoms with Crippen molar-refractivity contribution in [1.82, 2.24) is 5.32 Å². The van der Waals surface area contributed by atoms with Crippen LogP contribution in [0.4, 0.5) is 10.5 Å². The Balaban J connectivity index is 1.91. The summed E-state index contributed by atoms with van der Waals surface area (Å²) in [6.45, 7) is 1.85. The molecule has 0 spiro atoms. The van der Waals surface area contributed by atoms with E-state index in [0.29, 0.717) is 30.1 Å². The largest absolute Gasteiger partial charge is 0.449 e. The highest BCUT2D eigenvalue weighted by Gasteiger charge is 2.57. The maximum absolute atomic E-state index is 12.9. The number of aliphatic hydroxyl groups is 1. The molecule has 7 N–H and O–H groups in total. The lowest BCUT2D eigenvalue weighted by atomic mass is 9.54. The van der Waals surface area contributed by atoms with Gasteiger partial charge in [-0.25, -0.2) is 4.79 Å². The van der Waals surface area contributed by atoms with Crippen molar-refractivity contribution in [3.05, 3.63) is 53.1 Å². The Morgan fingerprint density at radius 2 is 2.03 bits per heavy atom. The number of Topliss-reactive ketones (excluding diaryl/α,β-unsaturated/α-hetero) is 1. The van der Waals surface area contributed by atoms with E-state index in [4.69, 9.17) is 27.8 Å². The maximum Gasteiger partial charge on any atom is 0.411 e. The zero-order valence-electron chi connectivity index (χ0n) is 20.5. The molecule has 1 aliphatic carbocycles. The normalized spacial score (nSPS) is 26.6. The number of hydrogen-bond donors (Lipinski definition) is 5. The van der Waals surface area contributed by atoms with Gasteiger partial charge in [-0.2, -0.15) is 0 Å². The van der Waals surface area contributed by atoms with E-state index in [2.05, 4.69) is 10.6 Å². The molecular weight excluding hydrogens is 484 g/mol. The minimum atomic E-state index is -1.06. The van der Waals surface area contributed by atoms with Crippen molar-refractivity contribution in [1.29, 1.82) is 0 Å². The molecule has 36 heavy (non-hydrogen) atoms. The van der Waals surface area contributed by atoms with E-state index < -0.39 is 41.5 Å². The monoisotopic (exact) mass is 518 g/mol. The van der Waals surface area contributed by atoms with Gasteiger partial charge in [-0.05, 0) is 56.0 Å². The van der Waals surface area contributed by atoms with Crippen molar-refractivity contribution in [2.45, 2.75) is 51.1 Å². The fourth-order valence-corrected chi connectivity index (χ4v) is 5.69. The van der Waals surface area contributed by atoms with Gasteiger partial charge in [0.1, 0.15) is 0 Å². The Hall–Kier alpha value is -2.72. The van der Waals surface area contributed by atoms with Gasteiger partial charge in [0.25, 0.3) is 0 Å². The molecule has 1 aliphatic heterocycles. The lowest BCUT2D eigenvalue weighted by molar-refractivity contribution is -0.129. The molecule has 0 aromatic heterocycles. The molecule has 2 amide bonds.